The summed E-state index contributed by atoms with van der Waals surface area (Å²) in [4.78, 5) is 22.0. The van der Waals surface area contributed by atoms with Crippen LogP contribution in [-0.4, -0.2) is 34.0 Å². The summed E-state index contributed by atoms with van der Waals surface area (Å²) in [7, 11) is 0. The lowest BCUT2D eigenvalue weighted by Crippen LogP contribution is -2.54. The zero-order valence-corrected chi connectivity index (χ0v) is 20.1. The summed E-state index contributed by atoms with van der Waals surface area (Å²) in [5.74, 6) is 2.00. The van der Waals surface area contributed by atoms with Crippen LogP contribution in [-0.2, 0) is 10.3 Å². The molecule has 2 aliphatic carbocycles. The lowest BCUT2D eigenvalue weighted by molar-refractivity contribution is -0.127. The molecule has 3 heterocycles. The fourth-order valence-corrected chi connectivity index (χ4v) is 6.75. The van der Waals surface area contributed by atoms with Gasteiger partial charge in [-0.2, -0.15) is 0 Å². The van der Waals surface area contributed by atoms with Crippen LogP contribution in [0.15, 0.2) is 41.7 Å². The first-order valence-corrected chi connectivity index (χ1v) is 12.9. The molecule has 1 aromatic heterocycles. The Morgan fingerprint density at radius 2 is 2.09 bits per heavy atom. The zero-order chi connectivity index (χ0) is 22.8. The Morgan fingerprint density at radius 1 is 1.24 bits per heavy atom. The van der Waals surface area contributed by atoms with Crippen molar-refractivity contribution in [3.63, 3.8) is 0 Å². The highest BCUT2D eigenvalue weighted by molar-refractivity contribution is 8.14. The molecule has 2 aliphatic heterocycles. The largest absolute Gasteiger partial charge is 0.490 e. The Bertz CT molecular complexity index is 1170. The number of hydrogen-bond acceptors (Lipinski definition) is 6. The molecule has 0 radical (unpaired) electrons. The molecule has 1 amide bonds. The van der Waals surface area contributed by atoms with Crippen molar-refractivity contribution in [2.75, 3.05) is 5.75 Å². The van der Waals surface area contributed by atoms with Crippen LogP contribution in [0.25, 0.3) is 11.1 Å². The van der Waals surface area contributed by atoms with E-state index in [4.69, 9.17) is 27.1 Å². The maximum Gasteiger partial charge on any atom is 0.226 e. The SMILES string of the molecule is CC1(C(=O)N[C@H]2CC[C@@H]3Oc4ccc(-c5cncc(Cl)c5)cc4C4(CSC(N)=N4)[C@H]3C2)CC1. The van der Waals surface area contributed by atoms with Crippen molar-refractivity contribution in [1.29, 1.82) is 0 Å². The van der Waals surface area contributed by atoms with Crippen LogP contribution in [0.2, 0.25) is 5.02 Å². The molecular formula is C25H27ClN4O2S. The van der Waals surface area contributed by atoms with Gasteiger partial charge in [0.25, 0.3) is 0 Å². The average Bonchev–Trinajstić information content (AvgIpc) is 3.45. The van der Waals surface area contributed by atoms with Gasteiger partial charge in [0.1, 0.15) is 17.4 Å². The van der Waals surface area contributed by atoms with Crippen LogP contribution in [0, 0.1) is 11.3 Å². The molecule has 3 N–H and O–H groups in total. The number of aliphatic imine (C=N–C) groups is 1. The second-order valence-corrected chi connectivity index (χ2v) is 11.5. The number of nitrogens with one attached hydrogen (secondary N) is 1. The highest BCUT2D eigenvalue weighted by Gasteiger charge is 2.55. The number of benzene rings is 1. The Labute approximate surface area is 202 Å². The van der Waals surface area contributed by atoms with E-state index in [-0.39, 0.29) is 29.4 Å². The number of fused-ring (bicyclic) bond motifs is 4. The fourth-order valence-electron chi connectivity index (χ4n) is 5.55. The first-order chi connectivity index (χ1) is 15.9. The number of ether oxygens (including phenoxy) is 1. The zero-order valence-electron chi connectivity index (χ0n) is 18.5. The molecule has 4 atom stereocenters. The van der Waals surface area contributed by atoms with Crippen LogP contribution in [0.5, 0.6) is 5.75 Å². The molecule has 2 aromatic rings. The summed E-state index contributed by atoms with van der Waals surface area (Å²) in [5.41, 5.74) is 8.66. The van der Waals surface area contributed by atoms with Gasteiger partial charge < -0.3 is 15.8 Å². The van der Waals surface area contributed by atoms with E-state index in [1.807, 2.05) is 18.3 Å². The smallest absolute Gasteiger partial charge is 0.226 e. The Balaban J connectivity index is 1.37. The average molecular weight is 483 g/mol. The molecule has 6 nitrogen and oxygen atoms in total. The molecule has 1 spiro atoms. The maximum absolute atomic E-state index is 12.7. The lowest BCUT2D eigenvalue weighted by atomic mass is 9.67. The molecule has 4 aliphatic rings. The van der Waals surface area contributed by atoms with Gasteiger partial charge in [-0.05, 0) is 55.9 Å². The molecule has 2 saturated carbocycles. The Morgan fingerprint density at radius 3 is 2.82 bits per heavy atom. The summed E-state index contributed by atoms with van der Waals surface area (Å²) in [6.45, 7) is 2.06. The number of amidine groups is 1. The number of thioether (sulfide) groups is 1. The molecule has 0 saturated heterocycles. The van der Waals surface area contributed by atoms with Crippen LogP contribution in [0.4, 0.5) is 0 Å². The number of amides is 1. The number of nitrogens with zero attached hydrogens (tertiary/aromatic N) is 2. The second-order valence-electron chi connectivity index (χ2n) is 10.1. The molecule has 0 bridgehead atoms. The van der Waals surface area contributed by atoms with Crippen molar-refractivity contribution in [1.82, 2.24) is 10.3 Å². The van der Waals surface area contributed by atoms with Crippen LogP contribution in [0.1, 0.15) is 44.6 Å². The third kappa shape index (κ3) is 3.60. The monoisotopic (exact) mass is 482 g/mol. The summed E-state index contributed by atoms with van der Waals surface area (Å²) < 4.78 is 6.53. The number of carbonyl (C=O) groups excluding carboxylic acids is 1. The second kappa shape index (κ2) is 7.64. The number of aromatic nitrogens is 1. The lowest BCUT2D eigenvalue weighted by Gasteiger charge is -2.49. The van der Waals surface area contributed by atoms with Crippen molar-refractivity contribution in [3.05, 3.63) is 47.2 Å². The third-order valence-electron chi connectivity index (χ3n) is 7.80. The van der Waals surface area contributed by atoms with Gasteiger partial charge in [-0.1, -0.05) is 36.4 Å². The first-order valence-electron chi connectivity index (χ1n) is 11.6. The molecule has 6 rings (SSSR count). The highest BCUT2D eigenvalue weighted by atomic mass is 35.5. The van der Waals surface area contributed by atoms with Crippen molar-refractivity contribution in [2.45, 2.75) is 56.7 Å². The van der Waals surface area contributed by atoms with Crippen molar-refractivity contribution < 1.29 is 9.53 Å². The van der Waals surface area contributed by atoms with E-state index in [9.17, 15) is 4.79 Å². The minimum absolute atomic E-state index is 0.0658. The van der Waals surface area contributed by atoms with Crippen LogP contribution < -0.4 is 15.8 Å². The van der Waals surface area contributed by atoms with E-state index in [0.29, 0.717) is 10.2 Å². The van der Waals surface area contributed by atoms with E-state index in [0.717, 1.165) is 60.3 Å². The fraction of sp³-hybridized carbons (Fsp3) is 0.480. The van der Waals surface area contributed by atoms with E-state index in [2.05, 4.69) is 29.4 Å². The molecule has 1 unspecified atom stereocenters. The van der Waals surface area contributed by atoms with E-state index < -0.39 is 5.54 Å². The number of carbonyl (C=O) groups is 1. The van der Waals surface area contributed by atoms with Crippen LogP contribution in [0.3, 0.4) is 0 Å². The van der Waals surface area contributed by atoms with Gasteiger partial charge in [0.15, 0.2) is 5.17 Å². The van der Waals surface area contributed by atoms with Gasteiger partial charge in [-0.25, -0.2) is 4.99 Å². The van der Waals surface area contributed by atoms with Crippen molar-refractivity contribution >= 4 is 34.4 Å². The Hall–Kier alpha value is -2.25. The third-order valence-corrected chi connectivity index (χ3v) is 8.97. The standard InChI is InChI=1S/C25H27ClN4O2S/c1-24(6-7-24)22(31)29-17-3-5-21-19(10-17)25(13-33-23(27)30-25)18-9-14(2-4-20(18)32-21)15-8-16(26)12-28-11-15/h2,4,8-9,11-12,17,19,21H,3,5-7,10,13H2,1H3,(H2,27,30)(H,29,31)/t17-,19-,21-,25?/m0/s1. The quantitative estimate of drug-likeness (QED) is 0.672. The van der Waals surface area contributed by atoms with Gasteiger partial charge in [0.05, 0.1) is 5.02 Å². The molecule has 172 valence electrons. The van der Waals surface area contributed by atoms with E-state index >= 15 is 0 Å². The summed E-state index contributed by atoms with van der Waals surface area (Å²) >= 11 is 7.81. The van der Waals surface area contributed by atoms with Gasteiger partial charge in [0.2, 0.25) is 5.91 Å². The van der Waals surface area contributed by atoms with E-state index in [1.165, 1.54) is 0 Å². The van der Waals surface area contributed by atoms with Crippen molar-refractivity contribution in [3.8, 4) is 16.9 Å². The minimum Gasteiger partial charge on any atom is -0.490 e. The number of hydrogen-bond donors (Lipinski definition) is 2. The topological polar surface area (TPSA) is 89.6 Å². The first kappa shape index (κ1) is 21.3. The van der Waals surface area contributed by atoms with Gasteiger partial charge in [-0.15, -0.1) is 0 Å². The number of rotatable bonds is 3. The normalized spacial score (nSPS) is 31.2. The summed E-state index contributed by atoms with van der Waals surface area (Å²) in [5, 5.41) is 4.56. The maximum atomic E-state index is 12.7. The number of pyridine rings is 1. The predicted octanol–water partition coefficient (Wildman–Crippen LogP) is 4.50. The minimum atomic E-state index is -0.456. The molecular weight excluding hydrogens is 456 g/mol. The molecule has 8 heteroatoms. The van der Waals surface area contributed by atoms with E-state index in [1.54, 1.807) is 18.0 Å². The summed E-state index contributed by atoms with van der Waals surface area (Å²) in [6.07, 6.45) is 8.14. The number of nitrogens with two attached hydrogens (primary N) is 1. The van der Waals surface area contributed by atoms with Crippen molar-refractivity contribution in [2.24, 2.45) is 22.1 Å². The van der Waals surface area contributed by atoms with Gasteiger partial charge in [0, 0.05) is 46.6 Å². The van der Waals surface area contributed by atoms with Crippen LogP contribution >= 0.6 is 23.4 Å². The predicted molar refractivity (Wildman–Crippen MR) is 131 cm³/mol. The molecule has 1 aromatic carbocycles. The number of halogens is 1. The Kier molecular flexibility index (Phi) is 4.93. The summed E-state index contributed by atoms with van der Waals surface area (Å²) in [6, 6.07) is 8.31. The van der Waals surface area contributed by atoms with Gasteiger partial charge in [-0.3, -0.25) is 9.78 Å². The highest BCUT2D eigenvalue weighted by Crippen LogP contribution is 2.55. The molecule has 33 heavy (non-hydrogen) atoms. The van der Waals surface area contributed by atoms with Gasteiger partial charge >= 0.3 is 0 Å². The molecule has 2 fully saturated rings.